The summed E-state index contributed by atoms with van der Waals surface area (Å²) in [4.78, 5) is 23.6. The van der Waals surface area contributed by atoms with E-state index in [1.165, 1.54) is 51.4 Å². The largest absolute Gasteiger partial charge is 0.466 e. The number of carbonyl (C=O) groups is 2. The lowest BCUT2D eigenvalue weighted by Crippen LogP contribution is -2.25. The van der Waals surface area contributed by atoms with Crippen molar-refractivity contribution >= 4 is 11.9 Å². The smallest absolute Gasteiger partial charge is 0.307 e. The molecule has 0 fully saturated rings. The maximum atomic E-state index is 11.8. The molecule has 0 bridgehead atoms. The van der Waals surface area contributed by atoms with Crippen LogP contribution >= 0.6 is 0 Å². The van der Waals surface area contributed by atoms with E-state index in [0.29, 0.717) is 51.0 Å². The first-order valence-electron chi connectivity index (χ1n) is 14.3. The molecule has 202 valence electrons. The van der Waals surface area contributed by atoms with Gasteiger partial charge >= 0.3 is 11.9 Å². The number of unbranched alkanes of at least 4 members (excludes halogenated alkanes) is 5. The molecule has 0 aliphatic carbocycles. The van der Waals surface area contributed by atoms with Crippen molar-refractivity contribution in [3.8, 4) is 0 Å². The predicted molar refractivity (Wildman–Crippen MR) is 142 cm³/mol. The first-order valence-corrected chi connectivity index (χ1v) is 14.3. The van der Waals surface area contributed by atoms with Crippen molar-refractivity contribution in [1.29, 1.82) is 0 Å². The highest BCUT2D eigenvalue weighted by Crippen LogP contribution is 2.12. The Kier molecular flexibility index (Phi) is 24.1. The van der Waals surface area contributed by atoms with Crippen LogP contribution in [0.4, 0.5) is 0 Å². The Bertz CT molecular complexity index is 431. The van der Waals surface area contributed by atoms with E-state index in [9.17, 15) is 9.59 Å². The summed E-state index contributed by atoms with van der Waals surface area (Å²) < 4.78 is 10.6. The minimum Gasteiger partial charge on any atom is -0.466 e. The molecule has 0 aliphatic rings. The predicted octanol–water partition coefficient (Wildman–Crippen LogP) is 6.03. The van der Waals surface area contributed by atoms with E-state index in [4.69, 9.17) is 9.47 Å². The second kappa shape index (κ2) is 25.0. The topological polar surface area (TPSA) is 76.7 Å². The molecule has 6 heteroatoms. The molecule has 0 spiro atoms. The van der Waals surface area contributed by atoms with Gasteiger partial charge in [-0.3, -0.25) is 9.59 Å². The van der Waals surface area contributed by atoms with Gasteiger partial charge in [0.1, 0.15) is 0 Å². The number of hydrogen-bond donors (Lipinski definition) is 2. The molecule has 6 nitrogen and oxygen atoms in total. The van der Waals surface area contributed by atoms with Crippen LogP contribution < -0.4 is 10.6 Å². The summed E-state index contributed by atoms with van der Waals surface area (Å²) in [6.45, 7) is 13.2. The lowest BCUT2D eigenvalue weighted by molar-refractivity contribution is -0.144. The molecule has 0 rings (SSSR count). The number of nitrogens with one attached hydrogen (secondary N) is 2. The van der Waals surface area contributed by atoms with Gasteiger partial charge in [0.05, 0.1) is 26.1 Å². The molecule has 0 aromatic rings. The molecule has 0 aliphatic heterocycles. The summed E-state index contributed by atoms with van der Waals surface area (Å²) in [6, 6.07) is 0. The molecule has 0 radical (unpaired) electrons. The summed E-state index contributed by atoms with van der Waals surface area (Å²) in [5.74, 6) is 1.18. The van der Waals surface area contributed by atoms with Gasteiger partial charge in [0.25, 0.3) is 0 Å². The third-order valence-corrected chi connectivity index (χ3v) is 6.53. The zero-order valence-electron chi connectivity index (χ0n) is 22.9. The van der Waals surface area contributed by atoms with Crippen molar-refractivity contribution in [2.24, 2.45) is 11.8 Å². The second-order valence-electron chi connectivity index (χ2n) is 9.60. The van der Waals surface area contributed by atoms with Crippen molar-refractivity contribution in [1.82, 2.24) is 10.6 Å². The van der Waals surface area contributed by atoms with Crippen molar-refractivity contribution in [3.05, 3.63) is 0 Å². The quantitative estimate of drug-likeness (QED) is 0.122. The second-order valence-corrected chi connectivity index (χ2v) is 9.60. The van der Waals surface area contributed by atoms with Gasteiger partial charge in [0.15, 0.2) is 0 Å². The minimum atomic E-state index is -0.118. The zero-order valence-corrected chi connectivity index (χ0v) is 22.9. The maximum Gasteiger partial charge on any atom is 0.307 e. The van der Waals surface area contributed by atoms with Crippen LogP contribution in [0.5, 0.6) is 0 Å². The van der Waals surface area contributed by atoms with Crippen molar-refractivity contribution in [2.45, 2.75) is 118 Å². The number of ether oxygens (including phenoxy) is 2. The number of rotatable bonds is 25. The summed E-state index contributed by atoms with van der Waals surface area (Å²) in [6.07, 6.45) is 14.5. The van der Waals surface area contributed by atoms with Crippen molar-refractivity contribution in [2.75, 3.05) is 39.4 Å². The van der Waals surface area contributed by atoms with Crippen LogP contribution in [0.3, 0.4) is 0 Å². The van der Waals surface area contributed by atoms with Gasteiger partial charge in [-0.15, -0.1) is 0 Å². The third kappa shape index (κ3) is 21.4. The minimum absolute atomic E-state index is 0.118. The number of esters is 2. The van der Waals surface area contributed by atoms with Crippen molar-refractivity contribution in [3.63, 3.8) is 0 Å². The zero-order chi connectivity index (χ0) is 25.3. The molecule has 0 aromatic heterocycles. The van der Waals surface area contributed by atoms with Gasteiger partial charge in [-0.1, -0.05) is 66.2 Å². The van der Waals surface area contributed by atoms with Gasteiger partial charge in [-0.25, -0.2) is 0 Å². The van der Waals surface area contributed by atoms with Crippen LogP contribution in [-0.2, 0) is 19.1 Å². The van der Waals surface area contributed by atoms with Crippen LogP contribution in [-0.4, -0.2) is 51.3 Å². The van der Waals surface area contributed by atoms with Gasteiger partial charge in [-0.05, 0) is 63.5 Å². The molecule has 0 heterocycles. The fraction of sp³-hybridized carbons (Fsp3) is 0.929. The maximum absolute atomic E-state index is 11.8. The molecule has 34 heavy (non-hydrogen) atoms. The van der Waals surface area contributed by atoms with E-state index >= 15 is 0 Å². The number of carbonyl (C=O) groups excluding carboxylic acids is 2. The highest BCUT2D eigenvalue weighted by Gasteiger charge is 2.08. The highest BCUT2D eigenvalue weighted by molar-refractivity contribution is 5.69. The normalized spacial score (nSPS) is 12.9. The first-order chi connectivity index (χ1) is 16.6. The fourth-order valence-electron chi connectivity index (χ4n) is 3.95. The summed E-state index contributed by atoms with van der Waals surface area (Å²) in [5, 5.41) is 6.79. The average Bonchev–Trinajstić information content (AvgIpc) is 2.84. The van der Waals surface area contributed by atoms with E-state index in [1.807, 2.05) is 0 Å². The lowest BCUT2D eigenvalue weighted by Gasteiger charge is -2.15. The summed E-state index contributed by atoms with van der Waals surface area (Å²) in [5.41, 5.74) is 0. The van der Waals surface area contributed by atoms with E-state index in [2.05, 4.69) is 38.3 Å². The Labute approximate surface area is 210 Å². The van der Waals surface area contributed by atoms with Gasteiger partial charge in [0, 0.05) is 13.1 Å². The van der Waals surface area contributed by atoms with Crippen LogP contribution in [0.1, 0.15) is 118 Å². The molecule has 0 saturated carbocycles. The van der Waals surface area contributed by atoms with Crippen LogP contribution in [0, 0.1) is 11.8 Å². The number of hydrogen-bond acceptors (Lipinski definition) is 6. The molecule has 0 saturated heterocycles. The van der Waals surface area contributed by atoms with Crippen molar-refractivity contribution < 1.29 is 19.1 Å². The molecule has 0 amide bonds. The van der Waals surface area contributed by atoms with E-state index in [1.54, 1.807) is 0 Å². The molecule has 2 N–H and O–H groups in total. The van der Waals surface area contributed by atoms with Gasteiger partial charge < -0.3 is 20.1 Å². The Morgan fingerprint density at radius 3 is 1.38 bits per heavy atom. The van der Waals surface area contributed by atoms with Crippen LogP contribution in [0.25, 0.3) is 0 Å². The molecule has 2 atom stereocenters. The van der Waals surface area contributed by atoms with Crippen LogP contribution in [0.15, 0.2) is 0 Å². The SMILES string of the molecule is CCCCC(CC)CNCCC(=O)OCCCCCCOC(=O)CCNCC(CC)CCCC. The summed E-state index contributed by atoms with van der Waals surface area (Å²) >= 11 is 0. The molecule has 0 aromatic carbocycles. The Hall–Kier alpha value is -1.14. The van der Waals surface area contributed by atoms with Gasteiger partial charge in [0.2, 0.25) is 0 Å². The Balaban J connectivity index is 3.48. The Morgan fingerprint density at radius 2 is 1.03 bits per heavy atom. The molecular formula is C28H56N2O4. The van der Waals surface area contributed by atoms with E-state index in [-0.39, 0.29) is 11.9 Å². The molecular weight excluding hydrogens is 428 g/mol. The Morgan fingerprint density at radius 1 is 0.618 bits per heavy atom. The third-order valence-electron chi connectivity index (χ3n) is 6.53. The lowest BCUT2D eigenvalue weighted by atomic mass is 9.99. The standard InChI is InChI=1S/C28H56N2O4/c1-5-9-15-25(7-3)23-29-19-17-27(31)33-21-13-11-12-14-22-34-28(32)18-20-30-24-26(8-4)16-10-6-2/h25-26,29-30H,5-24H2,1-4H3. The van der Waals surface area contributed by atoms with Crippen LogP contribution in [0.2, 0.25) is 0 Å². The first kappa shape index (κ1) is 32.9. The monoisotopic (exact) mass is 484 g/mol. The summed E-state index contributed by atoms with van der Waals surface area (Å²) in [7, 11) is 0. The highest BCUT2D eigenvalue weighted by atomic mass is 16.5. The van der Waals surface area contributed by atoms with E-state index in [0.717, 1.165) is 38.8 Å². The fourth-order valence-corrected chi connectivity index (χ4v) is 3.95. The average molecular weight is 485 g/mol. The van der Waals surface area contributed by atoms with E-state index < -0.39 is 0 Å². The molecule has 2 unspecified atom stereocenters. The van der Waals surface area contributed by atoms with Gasteiger partial charge in [-0.2, -0.15) is 0 Å².